The summed E-state index contributed by atoms with van der Waals surface area (Å²) in [4.78, 5) is 27.6. The molecular formula is C29H30BN6O2PS. The summed E-state index contributed by atoms with van der Waals surface area (Å²) < 4.78 is 7.20. The number of hydrogen-bond donors (Lipinski definition) is 0. The first kappa shape index (κ1) is 28.0. The fraction of sp³-hybridized carbons (Fsp3) is 0.310. The second-order valence-corrected chi connectivity index (χ2v) is 11.5. The van der Waals surface area contributed by atoms with E-state index in [-0.39, 0.29) is 11.8 Å². The Hall–Kier alpha value is -3.51. The van der Waals surface area contributed by atoms with Gasteiger partial charge in [0.15, 0.2) is 0 Å². The number of hydrogen-bond acceptors (Lipinski definition) is 8. The number of amides is 1. The van der Waals surface area contributed by atoms with E-state index in [0.29, 0.717) is 55.9 Å². The summed E-state index contributed by atoms with van der Waals surface area (Å²) in [6.45, 7) is 8.82. The van der Waals surface area contributed by atoms with Crippen molar-refractivity contribution in [3.8, 4) is 23.1 Å². The van der Waals surface area contributed by atoms with Gasteiger partial charge in [-0.3, -0.25) is 4.79 Å². The molecule has 1 aliphatic heterocycles. The van der Waals surface area contributed by atoms with E-state index >= 15 is 0 Å². The first-order valence-corrected chi connectivity index (χ1v) is 14.4. The van der Waals surface area contributed by atoms with Crippen LogP contribution < -0.4 is 20.4 Å². The molecule has 40 heavy (non-hydrogen) atoms. The van der Waals surface area contributed by atoms with Crippen LogP contribution in [0.2, 0.25) is 0 Å². The zero-order valence-electron chi connectivity index (χ0n) is 22.9. The fourth-order valence-corrected chi connectivity index (χ4v) is 6.37. The lowest BCUT2D eigenvalue weighted by atomic mass is 9.81. The maximum atomic E-state index is 12.2. The SMILES string of the molecule is [B]c1c(-c2ccc(P)c3scnc23)c(C)cc2c(N3CCN(C(=O)C=C)CC3)c(C#N)c(OCCN(C)C)nc12. The van der Waals surface area contributed by atoms with E-state index in [4.69, 9.17) is 17.6 Å². The van der Waals surface area contributed by atoms with Gasteiger partial charge in [0, 0.05) is 43.7 Å². The molecule has 0 N–H and O–H groups in total. The van der Waals surface area contributed by atoms with Gasteiger partial charge in [0.25, 0.3) is 0 Å². The minimum atomic E-state index is -0.0953. The molecular weight excluding hydrogens is 538 g/mol. The summed E-state index contributed by atoms with van der Waals surface area (Å²) >= 11 is 1.59. The number of piperazine rings is 1. The molecule has 2 aromatic heterocycles. The van der Waals surface area contributed by atoms with Crippen LogP contribution in [0, 0.1) is 18.3 Å². The van der Waals surface area contributed by atoms with Gasteiger partial charge in [0.1, 0.15) is 26.1 Å². The summed E-state index contributed by atoms with van der Waals surface area (Å²) in [5, 5.41) is 12.2. The van der Waals surface area contributed by atoms with Crippen molar-refractivity contribution in [3.05, 3.63) is 47.5 Å². The van der Waals surface area contributed by atoms with Crippen molar-refractivity contribution >= 4 is 71.9 Å². The highest BCUT2D eigenvalue weighted by Crippen LogP contribution is 2.39. The number of fused-ring (bicyclic) bond motifs is 2. The number of nitrogens with zero attached hydrogens (tertiary/aromatic N) is 6. The number of aryl methyl sites for hydroxylation is 1. The third-order valence-corrected chi connectivity index (χ3v) is 8.77. The van der Waals surface area contributed by atoms with Crippen LogP contribution in [-0.4, -0.2) is 86.9 Å². The van der Waals surface area contributed by atoms with E-state index in [1.54, 1.807) is 16.2 Å². The van der Waals surface area contributed by atoms with Gasteiger partial charge in [-0.1, -0.05) is 24.2 Å². The van der Waals surface area contributed by atoms with Gasteiger partial charge in [-0.15, -0.1) is 20.6 Å². The summed E-state index contributed by atoms with van der Waals surface area (Å²) in [7, 11) is 13.6. The maximum absolute atomic E-state index is 12.2. The normalized spacial score (nSPS) is 13.7. The molecule has 202 valence electrons. The number of ether oxygens (including phenoxy) is 1. The molecule has 0 aliphatic carbocycles. The average Bonchev–Trinajstić information content (AvgIpc) is 3.44. The number of benzene rings is 2. The molecule has 1 aliphatic rings. The minimum absolute atomic E-state index is 0.0953. The lowest BCUT2D eigenvalue weighted by molar-refractivity contribution is -0.126. The first-order valence-electron chi connectivity index (χ1n) is 13.0. The lowest BCUT2D eigenvalue weighted by Gasteiger charge is -2.37. The number of carbonyl (C=O) groups excluding carboxylic acids is 1. The Morgan fingerprint density at radius 1 is 1.30 bits per heavy atom. The molecule has 2 radical (unpaired) electrons. The topological polar surface area (TPSA) is 85.6 Å². The van der Waals surface area contributed by atoms with Crippen LogP contribution >= 0.6 is 20.6 Å². The van der Waals surface area contributed by atoms with Crippen molar-refractivity contribution in [2.45, 2.75) is 6.92 Å². The second-order valence-electron chi connectivity index (χ2n) is 10.0. The Labute approximate surface area is 241 Å². The molecule has 4 aromatic rings. The number of carbonyl (C=O) groups is 1. The molecule has 0 bridgehead atoms. The highest BCUT2D eigenvalue weighted by atomic mass is 32.1. The van der Waals surface area contributed by atoms with Gasteiger partial charge in [-0.25, -0.2) is 9.97 Å². The van der Waals surface area contributed by atoms with E-state index in [2.05, 4.69) is 43.9 Å². The standard InChI is InChI=1S/C29H30BN6O2PS/c1-5-22(37)35-8-10-36(11-9-35)27-19-14-17(2)23(18-6-7-21(39)28-26(18)32-16-40-28)24(30)25(19)33-29(20(27)15-31)38-13-12-34(3)4/h5-7,14,16H,1,8-13,39H2,2-4H3. The summed E-state index contributed by atoms with van der Waals surface area (Å²) in [5.74, 6) is 0.166. The van der Waals surface area contributed by atoms with Crippen LogP contribution in [0.5, 0.6) is 5.88 Å². The molecule has 2 aromatic carbocycles. The van der Waals surface area contributed by atoms with E-state index in [0.717, 1.165) is 43.3 Å². The molecule has 5 rings (SSSR count). The monoisotopic (exact) mass is 568 g/mol. The molecule has 1 amide bonds. The zero-order valence-corrected chi connectivity index (χ0v) is 24.9. The number of likely N-dealkylation sites (N-methyl/N-ethyl adjacent to an activating group) is 1. The van der Waals surface area contributed by atoms with Crippen molar-refractivity contribution in [2.75, 3.05) is 58.3 Å². The van der Waals surface area contributed by atoms with Gasteiger partial charge < -0.3 is 19.4 Å². The average molecular weight is 568 g/mol. The Morgan fingerprint density at radius 2 is 2.05 bits per heavy atom. The van der Waals surface area contributed by atoms with Crippen LogP contribution in [0.4, 0.5) is 5.69 Å². The third kappa shape index (κ3) is 5.06. The highest BCUT2D eigenvalue weighted by molar-refractivity contribution is 7.32. The zero-order chi connectivity index (χ0) is 28.6. The predicted molar refractivity (Wildman–Crippen MR) is 168 cm³/mol. The molecule has 1 atom stereocenters. The van der Waals surface area contributed by atoms with Crippen molar-refractivity contribution < 1.29 is 9.53 Å². The summed E-state index contributed by atoms with van der Waals surface area (Å²) in [6.07, 6.45) is 1.34. The second kappa shape index (κ2) is 11.5. The van der Waals surface area contributed by atoms with Crippen LogP contribution in [0.3, 0.4) is 0 Å². The number of anilines is 1. The smallest absolute Gasteiger partial charge is 0.246 e. The molecule has 11 heteroatoms. The van der Waals surface area contributed by atoms with Gasteiger partial charge >= 0.3 is 0 Å². The van der Waals surface area contributed by atoms with E-state index in [1.165, 1.54) is 6.08 Å². The lowest BCUT2D eigenvalue weighted by Crippen LogP contribution is -2.48. The van der Waals surface area contributed by atoms with E-state index in [9.17, 15) is 10.1 Å². The van der Waals surface area contributed by atoms with Crippen molar-refractivity contribution in [2.24, 2.45) is 0 Å². The largest absolute Gasteiger partial charge is 0.475 e. The maximum Gasteiger partial charge on any atom is 0.246 e. The molecule has 1 fully saturated rings. The van der Waals surface area contributed by atoms with Crippen molar-refractivity contribution in [1.29, 1.82) is 5.26 Å². The Kier molecular flexibility index (Phi) is 8.09. The van der Waals surface area contributed by atoms with Crippen LogP contribution in [0.1, 0.15) is 11.1 Å². The third-order valence-electron chi connectivity index (χ3n) is 7.21. The van der Waals surface area contributed by atoms with Crippen LogP contribution in [0.15, 0.2) is 36.4 Å². The number of aromatic nitrogens is 2. The quantitative estimate of drug-likeness (QED) is 0.193. The highest BCUT2D eigenvalue weighted by Gasteiger charge is 2.28. The fourth-order valence-electron chi connectivity index (χ4n) is 5.20. The molecule has 8 nitrogen and oxygen atoms in total. The molecule has 1 unspecified atom stereocenters. The Morgan fingerprint density at radius 3 is 2.73 bits per heavy atom. The number of rotatable bonds is 7. The number of thiazole rings is 1. The molecule has 0 spiro atoms. The van der Waals surface area contributed by atoms with E-state index in [1.807, 2.05) is 37.5 Å². The van der Waals surface area contributed by atoms with Gasteiger partial charge in [0.05, 0.1) is 26.9 Å². The molecule has 1 saturated heterocycles. The molecule has 0 saturated carbocycles. The Balaban J connectivity index is 1.71. The summed E-state index contributed by atoms with van der Waals surface area (Å²) in [5.41, 5.74) is 7.72. The van der Waals surface area contributed by atoms with Crippen molar-refractivity contribution in [3.63, 3.8) is 0 Å². The van der Waals surface area contributed by atoms with Crippen LogP contribution in [-0.2, 0) is 4.79 Å². The van der Waals surface area contributed by atoms with E-state index < -0.39 is 0 Å². The first-order chi connectivity index (χ1) is 19.2. The van der Waals surface area contributed by atoms with Crippen LogP contribution in [0.25, 0.3) is 32.2 Å². The van der Waals surface area contributed by atoms with Gasteiger partial charge in [0.2, 0.25) is 11.8 Å². The Bertz CT molecular complexity index is 1670. The summed E-state index contributed by atoms with van der Waals surface area (Å²) in [6, 6.07) is 8.52. The number of nitriles is 1. The van der Waals surface area contributed by atoms with Gasteiger partial charge in [-0.2, -0.15) is 5.26 Å². The predicted octanol–water partition coefficient (Wildman–Crippen LogP) is 2.76. The minimum Gasteiger partial charge on any atom is -0.475 e. The van der Waals surface area contributed by atoms with Gasteiger partial charge in [-0.05, 0) is 49.6 Å². The molecule has 3 heterocycles. The number of pyridine rings is 1. The van der Waals surface area contributed by atoms with Crippen molar-refractivity contribution in [1.82, 2.24) is 19.8 Å².